The molecule has 0 heterocycles. The Hall–Kier alpha value is -1.51. The van der Waals surface area contributed by atoms with E-state index in [4.69, 9.17) is 5.73 Å². The normalized spacial score (nSPS) is 27.1. The van der Waals surface area contributed by atoms with Gasteiger partial charge in [-0.3, -0.25) is 4.79 Å². The first-order chi connectivity index (χ1) is 9.33. The molecule has 2 rings (SSSR count). The standard InChI is InChI=1S/C17H26N2O/c1-16(2,3)13-9-11-17(12-10-13,15(18)20)19-14-7-5-4-6-8-14/h4-8,13,19H,9-12H2,1-3H3,(H2,18,20). The van der Waals surface area contributed by atoms with Gasteiger partial charge in [-0.05, 0) is 49.1 Å². The molecule has 0 aromatic heterocycles. The van der Waals surface area contributed by atoms with E-state index in [2.05, 4.69) is 26.1 Å². The molecule has 3 nitrogen and oxygen atoms in total. The van der Waals surface area contributed by atoms with Crippen LogP contribution in [0.25, 0.3) is 0 Å². The molecule has 1 aliphatic rings. The summed E-state index contributed by atoms with van der Waals surface area (Å²) in [4.78, 5) is 12.0. The van der Waals surface area contributed by atoms with Crippen LogP contribution in [0.15, 0.2) is 30.3 Å². The SMILES string of the molecule is CC(C)(C)C1CCC(Nc2ccccc2)(C(N)=O)CC1. The molecule has 0 unspecified atom stereocenters. The van der Waals surface area contributed by atoms with Crippen LogP contribution in [0.5, 0.6) is 0 Å². The van der Waals surface area contributed by atoms with Gasteiger partial charge < -0.3 is 11.1 Å². The van der Waals surface area contributed by atoms with Crippen LogP contribution in [-0.4, -0.2) is 11.4 Å². The average molecular weight is 274 g/mol. The van der Waals surface area contributed by atoms with Gasteiger partial charge in [-0.15, -0.1) is 0 Å². The molecule has 0 aliphatic heterocycles. The van der Waals surface area contributed by atoms with Crippen LogP contribution in [0.1, 0.15) is 46.5 Å². The molecule has 20 heavy (non-hydrogen) atoms. The van der Waals surface area contributed by atoms with Gasteiger partial charge in [0.25, 0.3) is 0 Å². The molecule has 0 radical (unpaired) electrons. The van der Waals surface area contributed by atoms with Crippen LogP contribution in [0.4, 0.5) is 5.69 Å². The van der Waals surface area contributed by atoms with Crippen molar-refractivity contribution >= 4 is 11.6 Å². The molecule has 110 valence electrons. The number of primary amides is 1. The zero-order chi connectivity index (χ0) is 14.8. The van der Waals surface area contributed by atoms with Crippen molar-refractivity contribution in [3.8, 4) is 0 Å². The topological polar surface area (TPSA) is 55.1 Å². The third-order valence-electron chi connectivity index (χ3n) is 4.69. The van der Waals surface area contributed by atoms with Gasteiger partial charge in [0.2, 0.25) is 5.91 Å². The number of hydrogen-bond donors (Lipinski definition) is 2. The lowest BCUT2D eigenvalue weighted by atomic mass is 9.67. The molecule has 1 aromatic carbocycles. The molecule has 3 heteroatoms. The molecule has 3 N–H and O–H groups in total. The lowest BCUT2D eigenvalue weighted by Gasteiger charge is -2.43. The highest BCUT2D eigenvalue weighted by Gasteiger charge is 2.42. The summed E-state index contributed by atoms with van der Waals surface area (Å²) in [6, 6.07) is 9.88. The number of anilines is 1. The number of para-hydroxylation sites is 1. The summed E-state index contributed by atoms with van der Waals surface area (Å²) in [5.74, 6) is 0.432. The number of benzene rings is 1. The molecule has 1 fully saturated rings. The molecule has 0 spiro atoms. The van der Waals surface area contributed by atoms with E-state index in [0.29, 0.717) is 11.3 Å². The van der Waals surface area contributed by atoms with Crippen LogP contribution < -0.4 is 11.1 Å². The summed E-state index contributed by atoms with van der Waals surface area (Å²) in [6.07, 6.45) is 3.73. The Kier molecular flexibility index (Phi) is 4.07. The summed E-state index contributed by atoms with van der Waals surface area (Å²) >= 11 is 0. The lowest BCUT2D eigenvalue weighted by Crippen LogP contribution is -2.53. The Morgan fingerprint density at radius 2 is 1.75 bits per heavy atom. The molecule has 1 aliphatic carbocycles. The van der Waals surface area contributed by atoms with Gasteiger partial charge in [-0.2, -0.15) is 0 Å². The first-order valence-corrected chi connectivity index (χ1v) is 7.47. The Morgan fingerprint density at radius 1 is 1.20 bits per heavy atom. The van der Waals surface area contributed by atoms with Crippen molar-refractivity contribution in [2.45, 2.75) is 52.0 Å². The lowest BCUT2D eigenvalue weighted by molar-refractivity contribution is -0.123. The quantitative estimate of drug-likeness (QED) is 0.885. The number of nitrogens with two attached hydrogens (primary N) is 1. The Labute approximate surface area is 121 Å². The van der Waals surface area contributed by atoms with Crippen molar-refractivity contribution in [2.75, 3.05) is 5.32 Å². The van der Waals surface area contributed by atoms with E-state index in [1.807, 2.05) is 30.3 Å². The van der Waals surface area contributed by atoms with Gasteiger partial charge in [0.05, 0.1) is 0 Å². The zero-order valence-corrected chi connectivity index (χ0v) is 12.8. The Morgan fingerprint density at radius 3 is 2.20 bits per heavy atom. The minimum absolute atomic E-state index is 0.228. The summed E-state index contributed by atoms with van der Waals surface area (Å²) in [5.41, 5.74) is 6.40. The highest BCUT2D eigenvalue weighted by molar-refractivity contribution is 5.88. The Balaban J connectivity index is 2.12. The number of hydrogen-bond acceptors (Lipinski definition) is 2. The summed E-state index contributed by atoms with van der Waals surface area (Å²) in [5, 5.41) is 3.39. The second-order valence-corrected chi connectivity index (χ2v) is 7.08. The average Bonchev–Trinajstić information content (AvgIpc) is 2.39. The second kappa shape index (κ2) is 5.47. The van der Waals surface area contributed by atoms with Gasteiger partial charge in [-0.25, -0.2) is 0 Å². The number of rotatable bonds is 3. The van der Waals surface area contributed by atoms with Crippen molar-refractivity contribution in [3.63, 3.8) is 0 Å². The van der Waals surface area contributed by atoms with Crippen LogP contribution in [0.3, 0.4) is 0 Å². The molecule has 1 aromatic rings. The first kappa shape index (κ1) is 14.9. The van der Waals surface area contributed by atoms with Gasteiger partial charge in [0.1, 0.15) is 5.54 Å². The van der Waals surface area contributed by atoms with E-state index in [1.54, 1.807) is 0 Å². The Bertz CT molecular complexity index is 454. The maximum atomic E-state index is 12.0. The van der Waals surface area contributed by atoms with E-state index in [9.17, 15) is 4.79 Å². The molecule has 1 saturated carbocycles. The minimum Gasteiger partial charge on any atom is -0.371 e. The van der Waals surface area contributed by atoms with E-state index in [0.717, 1.165) is 31.4 Å². The van der Waals surface area contributed by atoms with Crippen LogP contribution in [0.2, 0.25) is 0 Å². The van der Waals surface area contributed by atoms with Crippen LogP contribution in [0, 0.1) is 11.3 Å². The van der Waals surface area contributed by atoms with Crippen molar-refractivity contribution < 1.29 is 4.79 Å². The molecule has 0 bridgehead atoms. The maximum absolute atomic E-state index is 12.0. The van der Waals surface area contributed by atoms with E-state index in [1.165, 1.54) is 0 Å². The van der Waals surface area contributed by atoms with E-state index >= 15 is 0 Å². The minimum atomic E-state index is -0.580. The van der Waals surface area contributed by atoms with Crippen LogP contribution >= 0.6 is 0 Å². The maximum Gasteiger partial charge on any atom is 0.243 e. The smallest absolute Gasteiger partial charge is 0.243 e. The van der Waals surface area contributed by atoms with Crippen molar-refractivity contribution in [1.82, 2.24) is 0 Å². The fourth-order valence-electron chi connectivity index (χ4n) is 3.21. The summed E-state index contributed by atoms with van der Waals surface area (Å²) in [7, 11) is 0. The van der Waals surface area contributed by atoms with Gasteiger partial charge in [-0.1, -0.05) is 39.0 Å². The number of carbonyl (C=O) groups excluding carboxylic acids is 1. The molecule has 0 atom stereocenters. The monoisotopic (exact) mass is 274 g/mol. The fourth-order valence-corrected chi connectivity index (χ4v) is 3.21. The predicted molar refractivity (Wildman–Crippen MR) is 83.4 cm³/mol. The predicted octanol–water partition coefficient (Wildman–Crippen LogP) is 3.56. The van der Waals surface area contributed by atoms with Gasteiger partial charge in [0.15, 0.2) is 0 Å². The molecule has 1 amide bonds. The number of carbonyl (C=O) groups is 1. The molecular formula is C17H26N2O. The highest BCUT2D eigenvalue weighted by atomic mass is 16.1. The molecule has 0 saturated heterocycles. The number of amides is 1. The summed E-state index contributed by atoms with van der Waals surface area (Å²) in [6.45, 7) is 6.83. The third-order valence-corrected chi connectivity index (χ3v) is 4.69. The van der Waals surface area contributed by atoms with Gasteiger partial charge in [0, 0.05) is 5.69 Å². The van der Waals surface area contributed by atoms with Crippen LogP contribution in [-0.2, 0) is 4.79 Å². The van der Waals surface area contributed by atoms with E-state index in [-0.39, 0.29) is 5.91 Å². The van der Waals surface area contributed by atoms with Crippen molar-refractivity contribution in [3.05, 3.63) is 30.3 Å². The third kappa shape index (κ3) is 3.14. The van der Waals surface area contributed by atoms with E-state index < -0.39 is 5.54 Å². The van der Waals surface area contributed by atoms with Gasteiger partial charge >= 0.3 is 0 Å². The van der Waals surface area contributed by atoms with Crippen molar-refractivity contribution in [1.29, 1.82) is 0 Å². The summed E-state index contributed by atoms with van der Waals surface area (Å²) < 4.78 is 0. The largest absolute Gasteiger partial charge is 0.371 e. The highest BCUT2D eigenvalue weighted by Crippen LogP contribution is 2.42. The first-order valence-electron chi connectivity index (χ1n) is 7.47. The fraction of sp³-hybridized carbons (Fsp3) is 0.588. The number of nitrogens with one attached hydrogen (secondary N) is 1. The zero-order valence-electron chi connectivity index (χ0n) is 12.8. The molecular weight excluding hydrogens is 248 g/mol. The second-order valence-electron chi connectivity index (χ2n) is 7.08. The van der Waals surface area contributed by atoms with Crippen molar-refractivity contribution in [2.24, 2.45) is 17.1 Å².